The Kier molecular flexibility index (Phi) is 3.98. The second-order valence-electron chi connectivity index (χ2n) is 4.49. The summed E-state index contributed by atoms with van der Waals surface area (Å²) >= 11 is 6.52. The maximum atomic E-state index is 11.7. The van der Waals surface area contributed by atoms with Gasteiger partial charge in [0.1, 0.15) is 21.6 Å². The molecule has 6 heteroatoms. The third kappa shape index (κ3) is 2.82. The van der Waals surface area contributed by atoms with Crippen LogP contribution in [0.1, 0.15) is 12.0 Å². The number of rotatable bonds is 3. The average Bonchev–Trinajstić information content (AvgIpc) is 3.09. The lowest BCUT2D eigenvalue weighted by atomic mass is 10.1. The summed E-state index contributed by atoms with van der Waals surface area (Å²) < 4.78 is 11.7. The van der Waals surface area contributed by atoms with Gasteiger partial charge in [0.2, 0.25) is 5.91 Å². The van der Waals surface area contributed by atoms with Gasteiger partial charge in [-0.2, -0.15) is 0 Å². The molecule has 0 bridgehead atoms. The largest absolute Gasteiger partial charge is 0.496 e. The Morgan fingerprint density at radius 3 is 2.95 bits per heavy atom. The maximum Gasteiger partial charge on any atom is 0.242 e. The Hall–Kier alpha value is -1.79. The lowest BCUT2D eigenvalue weighted by Crippen LogP contribution is -2.22. The van der Waals surface area contributed by atoms with E-state index < -0.39 is 0 Å². The van der Waals surface area contributed by atoms with Crippen molar-refractivity contribution in [3.63, 3.8) is 0 Å². The molecule has 1 saturated heterocycles. The molecular weight excluding hydrogens is 306 g/mol. The van der Waals surface area contributed by atoms with Crippen LogP contribution in [0, 0.1) is 0 Å². The maximum absolute atomic E-state index is 11.7. The fourth-order valence-electron chi connectivity index (χ4n) is 2.14. The van der Waals surface area contributed by atoms with E-state index in [9.17, 15) is 4.79 Å². The van der Waals surface area contributed by atoms with Gasteiger partial charge in [-0.25, -0.2) is 0 Å². The van der Waals surface area contributed by atoms with Crippen LogP contribution in [0.5, 0.6) is 5.75 Å². The summed E-state index contributed by atoms with van der Waals surface area (Å²) in [5, 5.41) is 0. The molecule has 1 aromatic rings. The van der Waals surface area contributed by atoms with Gasteiger partial charge in [0.25, 0.3) is 0 Å². The number of carbonyl (C=O) groups is 1. The Labute approximate surface area is 132 Å². The van der Waals surface area contributed by atoms with Gasteiger partial charge in [-0.05, 0) is 18.2 Å². The Balaban J connectivity index is 1.79. The lowest BCUT2D eigenvalue weighted by molar-refractivity contribution is -0.122. The summed E-state index contributed by atoms with van der Waals surface area (Å²) in [4.78, 5) is 13.2. The topological polar surface area (TPSA) is 38.8 Å². The fourth-order valence-corrected chi connectivity index (χ4v) is 3.15. The third-order valence-electron chi connectivity index (χ3n) is 3.16. The molecule has 0 aliphatic carbocycles. The Morgan fingerprint density at radius 1 is 1.43 bits per heavy atom. The molecule has 2 aliphatic rings. The molecule has 108 valence electrons. The fraction of sp³-hybridized carbons (Fsp3) is 0.200. The quantitative estimate of drug-likeness (QED) is 0.800. The van der Waals surface area contributed by atoms with Crippen molar-refractivity contribution in [2.75, 3.05) is 12.9 Å². The predicted molar refractivity (Wildman–Crippen MR) is 86.7 cm³/mol. The zero-order valence-corrected chi connectivity index (χ0v) is 13.0. The van der Waals surface area contributed by atoms with E-state index in [0.29, 0.717) is 22.3 Å². The number of thiocarbonyl (C=S) groups is 1. The van der Waals surface area contributed by atoms with Crippen molar-refractivity contribution in [3.05, 3.63) is 47.9 Å². The molecule has 0 saturated carbocycles. The standard InChI is InChI=1S/C15H13NO3S2/c1-18-12-5-3-2-4-11(12)13-7-6-10(19-13)8-16-14(17)9-21-15(16)20/h2-5,7-8H,6,9H2,1H3. The molecule has 4 nitrogen and oxygen atoms in total. The van der Waals surface area contributed by atoms with Gasteiger partial charge >= 0.3 is 0 Å². The first-order valence-corrected chi connectivity index (χ1v) is 7.79. The van der Waals surface area contributed by atoms with Crippen molar-refractivity contribution in [2.24, 2.45) is 0 Å². The van der Waals surface area contributed by atoms with Crippen LogP contribution in [0.15, 0.2) is 42.3 Å². The minimum Gasteiger partial charge on any atom is -0.496 e. The van der Waals surface area contributed by atoms with Crippen LogP contribution in [0.2, 0.25) is 0 Å². The van der Waals surface area contributed by atoms with Crippen LogP contribution in [-0.2, 0) is 9.53 Å². The van der Waals surface area contributed by atoms with E-state index in [0.717, 1.165) is 17.1 Å². The van der Waals surface area contributed by atoms with Crippen LogP contribution in [-0.4, -0.2) is 28.0 Å². The highest BCUT2D eigenvalue weighted by atomic mass is 32.2. The van der Waals surface area contributed by atoms with E-state index in [1.54, 1.807) is 13.3 Å². The number of para-hydroxylation sites is 1. The summed E-state index contributed by atoms with van der Waals surface area (Å²) in [6, 6.07) is 7.67. The number of ether oxygens (including phenoxy) is 2. The van der Waals surface area contributed by atoms with Gasteiger partial charge in [-0.3, -0.25) is 9.69 Å². The van der Waals surface area contributed by atoms with Gasteiger partial charge in [-0.1, -0.05) is 36.1 Å². The number of thioether (sulfide) groups is 1. The minimum atomic E-state index is -0.00755. The summed E-state index contributed by atoms with van der Waals surface area (Å²) in [7, 11) is 1.63. The minimum absolute atomic E-state index is 0.00755. The Morgan fingerprint density at radius 2 is 2.24 bits per heavy atom. The number of amides is 1. The number of benzene rings is 1. The zero-order chi connectivity index (χ0) is 14.8. The number of hydrogen-bond donors (Lipinski definition) is 0. The molecule has 1 fully saturated rings. The third-order valence-corrected chi connectivity index (χ3v) is 4.54. The van der Waals surface area contributed by atoms with Gasteiger partial charge in [0.15, 0.2) is 0 Å². The number of allylic oxidation sites excluding steroid dienone is 1. The highest BCUT2D eigenvalue weighted by Gasteiger charge is 2.27. The predicted octanol–water partition coefficient (Wildman–Crippen LogP) is 3.16. The molecule has 0 aromatic heterocycles. The van der Waals surface area contributed by atoms with E-state index in [4.69, 9.17) is 21.7 Å². The molecule has 0 unspecified atom stereocenters. The monoisotopic (exact) mass is 319 g/mol. The van der Waals surface area contributed by atoms with Gasteiger partial charge < -0.3 is 9.47 Å². The van der Waals surface area contributed by atoms with Crippen LogP contribution in [0.4, 0.5) is 0 Å². The summed E-state index contributed by atoms with van der Waals surface area (Å²) in [6.45, 7) is 0. The van der Waals surface area contributed by atoms with Gasteiger partial charge in [-0.15, -0.1) is 0 Å². The van der Waals surface area contributed by atoms with Crippen LogP contribution in [0.25, 0.3) is 5.76 Å². The summed E-state index contributed by atoms with van der Waals surface area (Å²) in [5.41, 5.74) is 0.896. The highest BCUT2D eigenvalue weighted by molar-refractivity contribution is 8.24. The molecule has 0 radical (unpaired) electrons. The van der Waals surface area contributed by atoms with Crippen molar-refractivity contribution in [3.8, 4) is 5.75 Å². The van der Waals surface area contributed by atoms with Crippen LogP contribution < -0.4 is 4.74 Å². The van der Waals surface area contributed by atoms with Crippen molar-refractivity contribution in [1.82, 2.24) is 4.90 Å². The smallest absolute Gasteiger partial charge is 0.242 e. The van der Waals surface area contributed by atoms with Crippen LogP contribution in [0.3, 0.4) is 0 Å². The highest BCUT2D eigenvalue weighted by Crippen LogP contribution is 2.34. The second kappa shape index (κ2) is 5.91. The first kappa shape index (κ1) is 14.2. The second-order valence-corrected chi connectivity index (χ2v) is 6.10. The van der Waals surface area contributed by atoms with Crippen molar-refractivity contribution in [1.29, 1.82) is 0 Å². The normalized spacial score (nSPS) is 20.0. The molecule has 21 heavy (non-hydrogen) atoms. The summed E-state index contributed by atoms with van der Waals surface area (Å²) in [6.07, 6.45) is 4.29. The molecule has 1 amide bonds. The zero-order valence-electron chi connectivity index (χ0n) is 11.4. The molecule has 0 atom stereocenters. The first-order valence-electron chi connectivity index (χ1n) is 6.40. The SMILES string of the molecule is COc1ccccc1C1=CCC(=CN2C(=O)CSC2=S)O1. The van der Waals surface area contributed by atoms with Gasteiger partial charge in [0.05, 0.1) is 24.6 Å². The van der Waals surface area contributed by atoms with Crippen molar-refractivity contribution in [2.45, 2.75) is 6.42 Å². The van der Waals surface area contributed by atoms with Gasteiger partial charge in [0, 0.05) is 6.42 Å². The molecule has 3 rings (SSSR count). The van der Waals surface area contributed by atoms with E-state index in [1.165, 1.54) is 16.7 Å². The van der Waals surface area contributed by atoms with Crippen molar-refractivity contribution >= 4 is 40.0 Å². The number of hydrogen-bond acceptors (Lipinski definition) is 5. The molecule has 0 N–H and O–H groups in total. The lowest BCUT2D eigenvalue weighted by Gasteiger charge is -2.12. The van der Waals surface area contributed by atoms with Crippen LogP contribution >= 0.6 is 24.0 Å². The molecule has 2 heterocycles. The molecule has 0 spiro atoms. The average molecular weight is 319 g/mol. The van der Waals surface area contributed by atoms with E-state index in [1.807, 2.05) is 30.3 Å². The number of carbonyl (C=O) groups excluding carboxylic acids is 1. The van der Waals surface area contributed by atoms with E-state index >= 15 is 0 Å². The molecule has 1 aromatic carbocycles. The first-order chi connectivity index (χ1) is 10.2. The molecule has 2 aliphatic heterocycles. The summed E-state index contributed by atoms with van der Waals surface area (Å²) in [5.74, 6) is 2.59. The molecular formula is C15H13NO3S2. The number of methoxy groups -OCH3 is 1. The van der Waals surface area contributed by atoms with Crippen molar-refractivity contribution < 1.29 is 14.3 Å². The Bertz CT molecular complexity index is 651. The van der Waals surface area contributed by atoms with E-state index in [-0.39, 0.29) is 5.91 Å². The number of nitrogens with zero attached hydrogens (tertiary/aromatic N) is 1. The van der Waals surface area contributed by atoms with E-state index in [2.05, 4.69) is 0 Å².